The Hall–Kier alpha value is -3.50. The highest BCUT2D eigenvalue weighted by molar-refractivity contribution is 5.70. The van der Waals surface area contributed by atoms with Crippen LogP contribution in [0.2, 0.25) is 0 Å². The van der Waals surface area contributed by atoms with Crippen LogP contribution in [0, 0.1) is 6.92 Å². The third kappa shape index (κ3) is 5.80. The second-order valence-corrected chi connectivity index (χ2v) is 6.67. The van der Waals surface area contributed by atoms with Crippen LogP contribution in [0.4, 0.5) is 43.8 Å². The zero-order valence-electron chi connectivity index (χ0n) is 16.9. The van der Waals surface area contributed by atoms with Crippen LogP contribution in [-0.4, -0.2) is 22.9 Å². The first-order valence-corrected chi connectivity index (χ1v) is 9.39. The monoisotopic (exact) mass is 456 g/mol. The Labute approximate surface area is 179 Å². The van der Waals surface area contributed by atoms with Crippen LogP contribution in [0.1, 0.15) is 18.1 Å². The van der Waals surface area contributed by atoms with Gasteiger partial charge < -0.3 is 15.4 Å². The van der Waals surface area contributed by atoms with E-state index in [1.807, 2.05) is 0 Å². The van der Waals surface area contributed by atoms with Gasteiger partial charge in [-0.2, -0.15) is 18.2 Å². The second kappa shape index (κ2) is 8.93. The highest BCUT2D eigenvalue weighted by atomic mass is 19.4. The van der Waals surface area contributed by atoms with Crippen LogP contribution in [0.25, 0.3) is 11.3 Å². The van der Waals surface area contributed by atoms with E-state index in [1.54, 1.807) is 6.92 Å². The molecule has 0 fully saturated rings. The van der Waals surface area contributed by atoms with Crippen molar-refractivity contribution in [3.8, 4) is 17.0 Å². The highest BCUT2D eigenvalue weighted by Gasteiger charge is 2.33. The summed E-state index contributed by atoms with van der Waals surface area (Å²) in [5, 5.41) is 5.74. The Morgan fingerprint density at radius 1 is 0.938 bits per heavy atom. The topological polar surface area (TPSA) is 59.1 Å². The van der Waals surface area contributed by atoms with Gasteiger partial charge in [-0.3, -0.25) is 0 Å². The second-order valence-electron chi connectivity index (χ2n) is 6.67. The largest absolute Gasteiger partial charge is 0.573 e. The molecule has 0 atom stereocenters. The fourth-order valence-corrected chi connectivity index (χ4v) is 2.97. The summed E-state index contributed by atoms with van der Waals surface area (Å²) >= 11 is 0. The lowest BCUT2D eigenvalue weighted by Gasteiger charge is -2.16. The van der Waals surface area contributed by atoms with Crippen LogP contribution in [-0.2, 0) is 6.18 Å². The summed E-state index contributed by atoms with van der Waals surface area (Å²) < 4.78 is 81.3. The van der Waals surface area contributed by atoms with Gasteiger partial charge in [-0.05, 0) is 43.7 Å². The van der Waals surface area contributed by atoms with Crippen LogP contribution < -0.4 is 15.4 Å². The molecule has 0 amide bonds. The predicted molar refractivity (Wildman–Crippen MR) is 108 cm³/mol. The van der Waals surface area contributed by atoms with E-state index in [-0.39, 0.29) is 28.7 Å². The van der Waals surface area contributed by atoms with Gasteiger partial charge in [0.05, 0.1) is 11.3 Å². The van der Waals surface area contributed by atoms with Gasteiger partial charge in [-0.1, -0.05) is 18.2 Å². The number of nitrogens with zero attached hydrogens (tertiary/aromatic N) is 2. The Morgan fingerprint density at radius 2 is 1.66 bits per heavy atom. The third-order valence-corrected chi connectivity index (χ3v) is 4.33. The smallest absolute Gasteiger partial charge is 0.406 e. The van der Waals surface area contributed by atoms with Crippen molar-refractivity contribution in [2.45, 2.75) is 26.4 Å². The number of ether oxygens (including phenoxy) is 1. The maximum Gasteiger partial charge on any atom is 0.573 e. The van der Waals surface area contributed by atoms with E-state index in [1.165, 1.54) is 37.3 Å². The lowest BCUT2D eigenvalue weighted by Crippen LogP contribution is -2.17. The van der Waals surface area contributed by atoms with Crippen molar-refractivity contribution in [2.24, 2.45) is 0 Å². The number of hydrogen-bond acceptors (Lipinski definition) is 5. The zero-order valence-corrected chi connectivity index (χ0v) is 16.9. The van der Waals surface area contributed by atoms with E-state index in [0.717, 1.165) is 18.2 Å². The van der Waals surface area contributed by atoms with Gasteiger partial charge in [-0.25, -0.2) is 4.98 Å². The first-order chi connectivity index (χ1) is 15.0. The Kier molecular flexibility index (Phi) is 6.47. The minimum atomic E-state index is -4.85. The molecule has 0 radical (unpaired) electrons. The van der Waals surface area contributed by atoms with E-state index >= 15 is 0 Å². The molecule has 0 unspecified atom stereocenters. The number of aromatic nitrogens is 2. The van der Waals surface area contributed by atoms with Crippen molar-refractivity contribution in [3.05, 3.63) is 59.7 Å². The van der Waals surface area contributed by atoms with Gasteiger partial charge in [0.1, 0.15) is 11.6 Å². The van der Waals surface area contributed by atoms with Crippen molar-refractivity contribution in [1.82, 2.24) is 9.97 Å². The van der Waals surface area contributed by atoms with E-state index in [9.17, 15) is 26.3 Å². The molecular weight excluding hydrogens is 438 g/mol. The molecule has 0 saturated carbocycles. The minimum absolute atomic E-state index is 0.0225. The summed E-state index contributed by atoms with van der Waals surface area (Å²) in [4.78, 5) is 8.51. The van der Waals surface area contributed by atoms with E-state index in [4.69, 9.17) is 0 Å². The molecule has 0 aliphatic heterocycles. The van der Waals surface area contributed by atoms with Crippen molar-refractivity contribution < 1.29 is 31.1 Å². The number of anilines is 3. The van der Waals surface area contributed by atoms with Gasteiger partial charge in [0.2, 0.25) is 5.95 Å². The average molecular weight is 456 g/mol. The van der Waals surface area contributed by atoms with Crippen molar-refractivity contribution in [1.29, 1.82) is 0 Å². The van der Waals surface area contributed by atoms with Crippen molar-refractivity contribution >= 4 is 17.5 Å². The lowest BCUT2D eigenvalue weighted by molar-refractivity contribution is -0.274. The number of hydrogen-bond donors (Lipinski definition) is 2. The third-order valence-electron chi connectivity index (χ3n) is 4.33. The van der Waals surface area contributed by atoms with Crippen molar-refractivity contribution in [3.63, 3.8) is 0 Å². The van der Waals surface area contributed by atoms with E-state index < -0.39 is 23.9 Å². The molecule has 0 spiro atoms. The summed E-state index contributed by atoms with van der Waals surface area (Å²) in [6.45, 7) is 3.57. The van der Waals surface area contributed by atoms with Gasteiger partial charge in [0, 0.05) is 23.9 Å². The van der Waals surface area contributed by atoms with Crippen molar-refractivity contribution in [2.75, 3.05) is 17.2 Å². The zero-order chi connectivity index (χ0) is 23.5. The van der Waals surface area contributed by atoms with Crippen LogP contribution >= 0.6 is 0 Å². The number of benzene rings is 2. The molecule has 2 N–H and O–H groups in total. The molecule has 1 aromatic heterocycles. The predicted octanol–water partition coefficient (Wildman–Crippen LogP) is 6.54. The average Bonchev–Trinajstić information content (AvgIpc) is 2.68. The standard InChI is InChI=1S/C21H18F6N4O/c1-3-28-19-30-17(13-6-4-7-14(10-13)32-21(25,26)27)11-18(31-19)29-16-9-5-8-15(12(16)2)20(22,23)24/h4-11H,3H2,1-2H3,(H2,28,29,30,31). The fraction of sp³-hybridized carbons (Fsp3) is 0.238. The molecule has 3 aromatic rings. The van der Waals surface area contributed by atoms with E-state index in [0.29, 0.717) is 12.1 Å². The molecule has 11 heteroatoms. The van der Waals surface area contributed by atoms with Gasteiger partial charge in [0.25, 0.3) is 0 Å². The SMILES string of the molecule is CCNc1nc(Nc2cccc(C(F)(F)F)c2C)cc(-c2cccc(OC(F)(F)F)c2)n1. The maximum absolute atomic E-state index is 13.2. The molecule has 5 nitrogen and oxygen atoms in total. The maximum atomic E-state index is 13.2. The lowest BCUT2D eigenvalue weighted by atomic mass is 10.1. The quantitative estimate of drug-likeness (QED) is 0.412. The molecule has 0 saturated heterocycles. The molecule has 3 rings (SSSR count). The number of rotatable bonds is 6. The first-order valence-electron chi connectivity index (χ1n) is 9.39. The molecule has 1 heterocycles. The van der Waals surface area contributed by atoms with Crippen LogP contribution in [0.5, 0.6) is 5.75 Å². The fourth-order valence-electron chi connectivity index (χ4n) is 2.97. The summed E-state index contributed by atoms with van der Waals surface area (Å²) in [7, 11) is 0. The summed E-state index contributed by atoms with van der Waals surface area (Å²) in [5.41, 5.74) is -0.0830. The summed E-state index contributed by atoms with van der Waals surface area (Å²) in [6.07, 6.45) is -9.38. The van der Waals surface area contributed by atoms with E-state index in [2.05, 4.69) is 25.3 Å². The normalized spacial score (nSPS) is 11.9. The van der Waals surface area contributed by atoms with Gasteiger partial charge in [-0.15, -0.1) is 13.2 Å². The summed E-state index contributed by atoms with van der Waals surface area (Å²) in [5.74, 6) is -0.114. The highest BCUT2D eigenvalue weighted by Crippen LogP contribution is 2.36. The number of alkyl halides is 6. The summed E-state index contributed by atoms with van der Waals surface area (Å²) in [6, 6.07) is 10.3. The Bertz CT molecular complexity index is 1100. The van der Waals surface area contributed by atoms with Gasteiger partial charge >= 0.3 is 12.5 Å². The molecule has 0 bridgehead atoms. The van der Waals surface area contributed by atoms with Crippen LogP contribution in [0.3, 0.4) is 0 Å². The number of halogens is 6. The molecule has 2 aromatic carbocycles. The molecule has 0 aliphatic carbocycles. The Morgan fingerprint density at radius 3 is 2.31 bits per heavy atom. The molecule has 32 heavy (non-hydrogen) atoms. The minimum Gasteiger partial charge on any atom is -0.406 e. The molecule has 0 aliphatic rings. The molecular formula is C21H18F6N4O. The molecule has 170 valence electrons. The van der Waals surface area contributed by atoms with Gasteiger partial charge in [0.15, 0.2) is 0 Å². The first kappa shape index (κ1) is 23.2. The van der Waals surface area contributed by atoms with Crippen LogP contribution in [0.15, 0.2) is 48.5 Å². The Balaban J connectivity index is 2.01. The number of nitrogens with one attached hydrogen (secondary N) is 2.